The van der Waals surface area contributed by atoms with Crippen LogP contribution in [0.1, 0.15) is 6.42 Å². The monoisotopic (exact) mass is 84.1 g/mol. The van der Waals surface area contributed by atoms with Gasteiger partial charge in [0.1, 0.15) is 0 Å². The van der Waals surface area contributed by atoms with E-state index >= 15 is 0 Å². The van der Waals surface area contributed by atoms with Crippen LogP contribution >= 0.6 is 0 Å². The molecule has 0 heterocycles. The van der Waals surface area contributed by atoms with Gasteiger partial charge in [-0.15, -0.1) is 6.61 Å². The maximum atomic E-state index is 9.64. The van der Waals surface area contributed by atoms with Crippen LogP contribution in [0.3, 0.4) is 0 Å². The Morgan fingerprint density at radius 2 is 2.33 bits per heavy atom. The van der Waals surface area contributed by atoms with Gasteiger partial charge in [0.25, 0.3) is 0 Å². The van der Waals surface area contributed by atoms with Crippen molar-refractivity contribution in [2.45, 2.75) is 6.42 Å². The molecule has 1 heteroatoms. The van der Waals surface area contributed by atoms with Crippen LogP contribution in [0, 0.1) is 6.92 Å². The lowest BCUT2D eigenvalue weighted by atomic mass is 10.3. The van der Waals surface area contributed by atoms with E-state index in [1.807, 2.05) is 0 Å². The third kappa shape index (κ3) is 3.57. The van der Waals surface area contributed by atoms with Gasteiger partial charge in [-0.25, -0.2) is 0 Å². The molecule has 0 bridgehead atoms. The van der Waals surface area contributed by atoms with Crippen molar-refractivity contribution in [3.8, 4) is 0 Å². The molecular weight excluding hydrogens is 76.1 g/mol. The van der Waals surface area contributed by atoms with Gasteiger partial charge in [0, 0.05) is 13.5 Å². The predicted molar refractivity (Wildman–Crippen MR) is 24.0 cm³/mol. The first-order valence-corrected chi connectivity index (χ1v) is 1.85. The summed E-state index contributed by atoms with van der Waals surface area (Å²) in [5, 5.41) is 9.64. The minimum atomic E-state index is -0.0810. The molecule has 0 saturated heterocycles. The average Bonchev–Trinajstić information content (AvgIpc) is 1.35. The van der Waals surface area contributed by atoms with E-state index in [1.165, 1.54) is 0 Å². The van der Waals surface area contributed by atoms with E-state index in [0.29, 0.717) is 6.42 Å². The highest BCUT2D eigenvalue weighted by atomic mass is 16.2. The molecule has 0 aromatic rings. The molecule has 0 aromatic carbocycles. The first-order valence-electron chi connectivity index (χ1n) is 1.85. The third-order valence-corrected chi connectivity index (χ3v) is 0.456. The third-order valence-electron chi connectivity index (χ3n) is 0.456. The Labute approximate surface area is 38.3 Å². The smallest absolute Gasteiger partial charge is 0.0950 e. The van der Waals surface area contributed by atoms with Crippen molar-refractivity contribution in [3.05, 3.63) is 19.1 Å². The topological polar surface area (TPSA) is 23.1 Å². The van der Waals surface area contributed by atoms with Crippen molar-refractivity contribution in [2.75, 3.05) is 6.61 Å². The molecule has 0 aliphatic rings. The summed E-state index contributed by atoms with van der Waals surface area (Å²) in [5.74, 6) is 0. The summed E-state index contributed by atoms with van der Waals surface area (Å²) in [6, 6.07) is 0. The van der Waals surface area contributed by atoms with Crippen LogP contribution in [0.25, 0.3) is 0 Å². The van der Waals surface area contributed by atoms with Gasteiger partial charge < -0.3 is 5.11 Å². The molecule has 0 aliphatic carbocycles. The molecule has 0 fully saturated rings. The quantitative estimate of drug-likeness (QED) is 0.436. The molecule has 0 aliphatic heterocycles. The second-order valence-electron chi connectivity index (χ2n) is 1.20. The van der Waals surface area contributed by atoms with Crippen molar-refractivity contribution >= 4 is 0 Å². The average molecular weight is 84.1 g/mol. The highest BCUT2D eigenvalue weighted by molar-refractivity contribution is 4.96. The second-order valence-corrected chi connectivity index (χ2v) is 1.20. The Balaban J connectivity index is 2.83. The lowest BCUT2D eigenvalue weighted by Crippen LogP contribution is -2.04. The van der Waals surface area contributed by atoms with E-state index < -0.39 is 0 Å². The Bertz CT molecular complexity index is 47.9. The Morgan fingerprint density at radius 3 is 2.33 bits per heavy atom. The SMILES string of the molecule is C=C([CH2+])CC[O-]. The van der Waals surface area contributed by atoms with E-state index in [9.17, 15) is 5.11 Å². The molecule has 34 valence electrons. The van der Waals surface area contributed by atoms with Crippen LogP contribution in [0.5, 0.6) is 0 Å². The Hall–Kier alpha value is -0.430. The highest BCUT2D eigenvalue weighted by Crippen LogP contribution is 1.87. The van der Waals surface area contributed by atoms with Crippen LogP contribution in [0.4, 0.5) is 0 Å². The molecule has 0 rings (SSSR count). The molecule has 0 aromatic heterocycles. The van der Waals surface area contributed by atoms with Crippen molar-refractivity contribution < 1.29 is 5.11 Å². The Morgan fingerprint density at radius 1 is 1.83 bits per heavy atom. The zero-order valence-corrected chi connectivity index (χ0v) is 3.74. The van der Waals surface area contributed by atoms with Gasteiger partial charge in [-0.05, 0) is 6.42 Å². The first kappa shape index (κ1) is 5.57. The molecule has 1 nitrogen and oxygen atoms in total. The lowest BCUT2D eigenvalue weighted by molar-refractivity contribution is -0.366. The van der Waals surface area contributed by atoms with E-state index in [0.717, 1.165) is 5.57 Å². The number of rotatable bonds is 2. The number of hydrogen-bond donors (Lipinski definition) is 0. The molecule has 0 N–H and O–H groups in total. The van der Waals surface area contributed by atoms with Crippen LogP contribution < -0.4 is 5.11 Å². The summed E-state index contributed by atoms with van der Waals surface area (Å²) in [6.45, 7) is 6.79. The van der Waals surface area contributed by atoms with Crippen LogP contribution in [0.15, 0.2) is 12.2 Å². The maximum absolute atomic E-state index is 9.64. The summed E-state index contributed by atoms with van der Waals surface area (Å²) in [6.07, 6.45) is 0.514. The van der Waals surface area contributed by atoms with E-state index in [4.69, 9.17) is 0 Å². The molecule has 0 unspecified atom stereocenters. The molecule has 0 radical (unpaired) electrons. The number of hydrogen-bond acceptors (Lipinski definition) is 1. The van der Waals surface area contributed by atoms with Crippen LogP contribution in [-0.2, 0) is 0 Å². The fourth-order valence-corrected chi connectivity index (χ4v) is 0.144. The second kappa shape index (κ2) is 2.79. The normalized spacial score (nSPS) is 8.17. The molecular formula is C5H8O. The largest absolute Gasteiger partial charge is 0.854 e. The van der Waals surface area contributed by atoms with Crippen LogP contribution in [0.2, 0.25) is 0 Å². The van der Waals surface area contributed by atoms with Gasteiger partial charge in [-0.3, -0.25) is 0 Å². The standard InChI is InChI=1S/C5H8O/c1-5(2)3-4-6/h1-4H2. The zero-order chi connectivity index (χ0) is 4.99. The molecule has 6 heavy (non-hydrogen) atoms. The van der Waals surface area contributed by atoms with Gasteiger partial charge >= 0.3 is 0 Å². The van der Waals surface area contributed by atoms with Crippen molar-refractivity contribution in [3.63, 3.8) is 0 Å². The summed E-state index contributed by atoms with van der Waals surface area (Å²) in [4.78, 5) is 0. The fraction of sp³-hybridized carbons (Fsp3) is 0.400. The van der Waals surface area contributed by atoms with Gasteiger partial charge in [0.15, 0.2) is 0 Å². The molecule has 0 atom stereocenters. The van der Waals surface area contributed by atoms with Crippen LogP contribution in [-0.4, -0.2) is 6.61 Å². The predicted octanol–water partition coefficient (Wildman–Crippen LogP) is 0.127. The summed E-state index contributed by atoms with van der Waals surface area (Å²) < 4.78 is 0. The zero-order valence-electron chi connectivity index (χ0n) is 3.74. The minimum absolute atomic E-state index is 0.0810. The minimum Gasteiger partial charge on any atom is -0.854 e. The van der Waals surface area contributed by atoms with Gasteiger partial charge in [-0.1, -0.05) is 0 Å². The van der Waals surface area contributed by atoms with Gasteiger partial charge in [0.2, 0.25) is 0 Å². The first-order chi connectivity index (χ1) is 2.77. The van der Waals surface area contributed by atoms with Gasteiger partial charge in [0.05, 0.1) is 5.57 Å². The summed E-state index contributed by atoms with van der Waals surface area (Å²) >= 11 is 0. The molecule has 0 saturated carbocycles. The molecule has 0 amide bonds. The Kier molecular flexibility index (Phi) is 2.59. The fourth-order valence-electron chi connectivity index (χ4n) is 0.144. The lowest BCUT2D eigenvalue weighted by Gasteiger charge is -1.93. The highest BCUT2D eigenvalue weighted by Gasteiger charge is 1.80. The van der Waals surface area contributed by atoms with E-state index in [-0.39, 0.29) is 6.61 Å². The maximum Gasteiger partial charge on any atom is 0.0950 e. The molecule has 0 spiro atoms. The van der Waals surface area contributed by atoms with Gasteiger partial charge in [-0.2, -0.15) is 0 Å². The summed E-state index contributed by atoms with van der Waals surface area (Å²) in [7, 11) is 0. The summed E-state index contributed by atoms with van der Waals surface area (Å²) in [5.41, 5.74) is 0.727. The van der Waals surface area contributed by atoms with E-state index in [1.54, 1.807) is 0 Å². The van der Waals surface area contributed by atoms with Crippen molar-refractivity contribution in [1.82, 2.24) is 0 Å². The van der Waals surface area contributed by atoms with E-state index in [2.05, 4.69) is 13.5 Å². The van der Waals surface area contributed by atoms with Crippen molar-refractivity contribution in [2.24, 2.45) is 0 Å². The van der Waals surface area contributed by atoms with Crippen molar-refractivity contribution in [1.29, 1.82) is 0 Å².